The van der Waals surface area contributed by atoms with Crippen molar-refractivity contribution in [1.29, 1.82) is 0 Å². The van der Waals surface area contributed by atoms with E-state index in [0.717, 1.165) is 28.1 Å². The zero-order valence-corrected chi connectivity index (χ0v) is 19.0. The van der Waals surface area contributed by atoms with Crippen LogP contribution in [0.2, 0.25) is 0 Å². The molecule has 168 valence electrons. The fraction of sp³-hybridized carbons (Fsp3) is 0.292. The number of methoxy groups -OCH3 is 1. The molecule has 32 heavy (non-hydrogen) atoms. The Bertz CT molecular complexity index is 1040. The molecule has 0 fully saturated rings. The number of hydrogen-bond acceptors (Lipinski definition) is 4. The lowest BCUT2D eigenvalue weighted by Crippen LogP contribution is -2.42. The normalized spacial score (nSPS) is 11.2. The van der Waals surface area contributed by atoms with Crippen LogP contribution in [0.25, 0.3) is 11.3 Å². The predicted molar refractivity (Wildman–Crippen MR) is 126 cm³/mol. The van der Waals surface area contributed by atoms with Crippen LogP contribution in [-0.2, 0) is 24.9 Å². The van der Waals surface area contributed by atoms with E-state index in [1.54, 1.807) is 30.8 Å². The topological polar surface area (TPSA) is 83.8 Å². The Balaban J connectivity index is 1.74. The highest BCUT2D eigenvalue weighted by molar-refractivity contribution is 5.86. The van der Waals surface area contributed by atoms with E-state index < -0.39 is 0 Å². The van der Waals surface area contributed by atoms with Crippen LogP contribution in [-0.4, -0.2) is 54.3 Å². The molecule has 0 radical (unpaired) electrons. The third-order valence-electron chi connectivity index (χ3n) is 4.88. The van der Waals surface area contributed by atoms with Gasteiger partial charge >= 0.3 is 0 Å². The molecule has 2 N–H and O–H groups in total. The smallest absolute Gasteiger partial charge is 0.241 e. The van der Waals surface area contributed by atoms with Crippen LogP contribution in [0.5, 0.6) is 5.75 Å². The van der Waals surface area contributed by atoms with Gasteiger partial charge in [0.15, 0.2) is 5.96 Å². The van der Waals surface area contributed by atoms with Crippen molar-refractivity contribution in [3.63, 3.8) is 0 Å². The molecule has 0 aliphatic carbocycles. The fourth-order valence-corrected chi connectivity index (χ4v) is 3.08. The van der Waals surface area contributed by atoms with Crippen LogP contribution in [0.15, 0.2) is 65.8 Å². The Kier molecular flexibility index (Phi) is 7.85. The standard InChI is InChI=1S/C24H30N6O2/c1-29(2)22(31)16-27-24(25-14-18-10-12-21(32-4)13-11-18)26-15-20-17-30(3)28-23(20)19-8-6-5-7-9-19/h5-13,17H,14-16H2,1-4H3,(H2,25,26,27). The van der Waals surface area contributed by atoms with Gasteiger partial charge in [0.2, 0.25) is 5.91 Å². The highest BCUT2D eigenvalue weighted by atomic mass is 16.5. The molecular formula is C24H30N6O2. The number of rotatable bonds is 8. The van der Waals surface area contributed by atoms with E-state index >= 15 is 0 Å². The number of ether oxygens (including phenoxy) is 1. The van der Waals surface area contributed by atoms with Crippen LogP contribution >= 0.6 is 0 Å². The van der Waals surface area contributed by atoms with E-state index in [0.29, 0.717) is 19.0 Å². The third-order valence-corrected chi connectivity index (χ3v) is 4.88. The molecule has 2 aromatic carbocycles. The van der Waals surface area contributed by atoms with E-state index in [-0.39, 0.29) is 12.5 Å². The Morgan fingerprint density at radius 2 is 1.81 bits per heavy atom. The van der Waals surface area contributed by atoms with Crippen LogP contribution in [0, 0.1) is 0 Å². The first-order valence-corrected chi connectivity index (χ1v) is 10.4. The lowest BCUT2D eigenvalue weighted by molar-refractivity contribution is -0.127. The second-order valence-electron chi connectivity index (χ2n) is 7.55. The summed E-state index contributed by atoms with van der Waals surface area (Å²) < 4.78 is 7.01. The van der Waals surface area contributed by atoms with Crippen molar-refractivity contribution < 1.29 is 9.53 Å². The summed E-state index contributed by atoms with van der Waals surface area (Å²) in [5, 5.41) is 11.1. The monoisotopic (exact) mass is 434 g/mol. The molecule has 1 amide bonds. The Labute approximate surface area is 188 Å². The van der Waals surface area contributed by atoms with Crippen LogP contribution in [0.4, 0.5) is 0 Å². The number of hydrogen-bond donors (Lipinski definition) is 2. The van der Waals surface area contributed by atoms with Gasteiger partial charge in [0.1, 0.15) is 5.75 Å². The van der Waals surface area contributed by atoms with Crippen LogP contribution < -0.4 is 15.4 Å². The number of carbonyl (C=O) groups excluding carboxylic acids is 1. The molecular weight excluding hydrogens is 404 g/mol. The lowest BCUT2D eigenvalue weighted by atomic mass is 10.1. The first-order chi connectivity index (χ1) is 15.5. The molecule has 8 nitrogen and oxygen atoms in total. The third kappa shape index (κ3) is 6.34. The number of guanidine groups is 1. The zero-order valence-electron chi connectivity index (χ0n) is 19.0. The number of carbonyl (C=O) groups is 1. The molecule has 0 bridgehead atoms. The second kappa shape index (κ2) is 11.0. The predicted octanol–water partition coefficient (Wildman–Crippen LogP) is 2.42. The van der Waals surface area contributed by atoms with Gasteiger partial charge in [-0.2, -0.15) is 5.10 Å². The number of nitrogens with zero attached hydrogens (tertiary/aromatic N) is 4. The molecule has 0 aliphatic rings. The highest BCUT2D eigenvalue weighted by Crippen LogP contribution is 2.21. The van der Waals surface area contributed by atoms with Crippen molar-refractivity contribution in [2.75, 3.05) is 27.7 Å². The summed E-state index contributed by atoms with van der Waals surface area (Å²) in [4.78, 5) is 18.3. The Hall–Kier alpha value is -3.81. The van der Waals surface area contributed by atoms with E-state index in [1.807, 2.05) is 67.8 Å². The van der Waals surface area contributed by atoms with Gasteiger partial charge in [-0.3, -0.25) is 9.48 Å². The van der Waals surface area contributed by atoms with Crippen molar-refractivity contribution >= 4 is 11.9 Å². The minimum Gasteiger partial charge on any atom is -0.497 e. The molecule has 1 aromatic heterocycles. The molecule has 0 unspecified atom stereocenters. The quantitative estimate of drug-likeness (QED) is 0.420. The van der Waals surface area contributed by atoms with Gasteiger partial charge < -0.3 is 20.3 Å². The van der Waals surface area contributed by atoms with E-state index in [1.165, 1.54) is 0 Å². The largest absolute Gasteiger partial charge is 0.497 e. The average Bonchev–Trinajstić information content (AvgIpc) is 3.19. The molecule has 3 rings (SSSR count). The zero-order chi connectivity index (χ0) is 22.9. The highest BCUT2D eigenvalue weighted by Gasteiger charge is 2.12. The number of aromatic nitrogens is 2. The number of nitrogens with one attached hydrogen (secondary N) is 2. The number of likely N-dealkylation sites (N-methyl/N-ethyl adjacent to an activating group) is 1. The minimum atomic E-state index is -0.0321. The Morgan fingerprint density at radius 1 is 1.09 bits per heavy atom. The van der Waals surface area contributed by atoms with Crippen LogP contribution in [0.1, 0.15) is 11.1 Å². The number of aryl methyl sites for hydroxylation is 1. The van der Waals surface area contributed by atoms with Gasteiger partial charge in [-0.05, 0) is 17.7 Å². The van der Waals surface area contributed by atoms with Crippen molar-refractivity contribution in [3.8, 4) is 17.0 Å². The fourth-order valence-electron chi connectivity index (χ4n) is 3.08. The molecule has 8 heteroatoms. The summed E-state index contributed by atoms with van der Waals surface area (Å²) in [6.45, 7) is 1.14. The van der Waals surface area contributed by atoms with Gasteiger partial charge in [-0.1, -0.05) is 42.5 Å². The summed E-state index contributed by atoms with van der Waals surface area (Å²) in [5.74, 6) is 1.32. The molecule has 1 heterocycles. The van der Waals surface area contributed by atoms with Gasteiger partial charge in [0.25, 0.3) is 0 Å². The molecule has 0 saturated carbocycles. The first kappa shape index (κ1) is 22.9. The maximum atomic E-state index is 12.1. The molecule has 0 spiro atoms. The molecule has 3 aromatic rings. The lowest BCUT2D eigenvalue weighted by Gasteiger charge is -2.15. The maximum absolute atomic E-state index is 12.1. The van der Waals surface area contributed by atoms with E-state index in [9.17, 15) is 4.79 Å². The first-order valence-electron chi connectivity index (χ1n) is 10.4. The van der Waals surface area contributed by atoms with E-state index in [4.69, 9.17) is 4.74 Å². The Morgan fingerprint density at radius 3 is 2.47 bits per heavy atom. The van der Waals surface area contributed by atoms with E-state index in [2.05, 4.69) is 20.7 Å². The summed E-state index contributed by atoms with van der Waals surface area (Å²) in [6, 6.07) is 17.8. The summed E-state index contributed by atoms with van der Waals surface area (Å²) in [5.41, 5.74) is 4.05. The van der Waals surface area contributed by atoms with Crippen molar-refractivity contribution in [3.05, 3.63) is 71.9 Å². The van der Waals surface area contributed by atoms with Gasteiger partial charge in [0.05, 0.1) is 25.9 Å². The molecule has 0 atom stereocenters. The van der Waals surface area contributed by atoms with Gasteiger partial charge in [-0.15, -0.1) is 0 Å². The summed E-state index contributed by atoms with van der Waals surface area (Å²) >= 11 is 0. The van der Waals surface area contributed by atoms with Crippen molar-refractivity contribution in [2.45, 2.75) is 13.1 Å². The van der Waals surface area contributed by atoms with Gasteiger partial charge in [0, 0.05) is 45.0 Å². The van der Waals surface area contributed by atoms with Crippen LogP contribution in [0.3, 0.4) is 0 Å². The second-order valence-corrected chi connectivity index (χ2v) is 7.55. The number of benzene rings is 2. The van der Waals surface area contributed by atoms with Gasteiger partial charge in [-0.25, -0.2) is 4.99 Å². The number of aliphatic imine (C=N–C) groups is 1. The summed E-state index contributed by atoms with van der Waals surface area (Å²) in [7, 11) is 7.01. The minimum absolute atomic E-state index is 0.0321. The molecule has 0 aliphatic heterocycles. The maximum Gasteiger partial charge on any atom is 0.241 e. The van der Waals surface area contributed by atoms with Crippen molar-refractivity contribution in [1.82, 2.24) is 25.3 Å². The summed E-state index contributed by atoms with van der Waals surface area (Å²) in [6.07, 6.45) is 1.99. The number of amides is 1. The van der Waals surface area contributed by atoms with Crippen molar-refractivity contribution in [2.24, 2.45) is 12.0 Å². The average molecular weight is 435 g/mol. The SMILES string of the molecule is COc1ccc(CN=C(NCC(=O)N(C)C)NCc2cn(C)nc2-c2ccccc2)cc1. The molecule has 0 saturated heterocycles.